The highest BCUT2D eigenvalue weighted by Gasteiger charge is 2.33. The Kier molecular flexibility index (Phi) is 4.76. The van der Waals surface area contributed by atoms with Crippen LogP contribution in [-0.2, 0) is 11.8 Å². The van der Waals surface area contributed by atoms with Gasteiger partial charge in [0.15, 0.2) is 0 Å². The molecule has 0 fully saturated rings. The summed E-state index contributed by atoms with van der Waals surface area (Å²) in [5.41, 5.74) is 2.56. The van der Waals surface area contributed by atoms with Crippen LogP contribution in [0.2, 0.25) is 0 Å². The SMILES string of the molecule is Cc1cc(C)cc(CC(CO)(CO)c2ccccc2F)c1. The molecule has 112 valence electrons. The van der Waals surface area contributed by atoms with Crippen LogP contribution in [0.1, 0.15) is 22.3 Å². The molecule has 0 saturated carbocycles. The Balaban J connectivity index is 2.45. The lowest BCUT2D eigenvalue weighted by Crippen LogP contribution is -2.38. The highest BCUT2D eigenvalue weighted by molar-refractivity contribution is 5.34. The average molecular weight is 288 g/mol. The van der Waals surface area contributed by atoms with Crippen molar-refractivity contribution in [3.8, 4) is 0 Å². The zero-order chi connectivity index (χ0) is 15.5. The molecule has 0 saturated heterocycles. The van der Waals surface area contributed by atoms with Gasteiger partial charge in [0.2, 0.25) is 0 Å². The van der Waals surface area contributed by atoms with E-state index in [1.54, 1.807) is 18.2 Å². The summed E-state index contributed by atoms with van der Waals surface area (Å²) in [6.07, 6.45) is 0.392. The fourth-order valence-corrected chi connectivity index (χ4v) is 2.88. The van der Waals surface area contributed by atoms with Crippen LogP contribution < -0.4 is 0 Å². The van der Waals surface area contributed by atoms with Crippen molar-refractivity contribution in [2.24, 2.45) is 0 Å². The summed E-state index contributed by atoms with van der Waals surface area (Å²) < 4.78 is 14.1. The average Bonchev–Trinajstić information content (AvgIpc) is 2.44. The van der Waals surface area contributed by atoms with Crippen molar-refractivity contribution in [2.75, 3.05) is 13.2 Å². The summed E-state index contributed by atoms with van der Waals surface area (Å²) in [6.45, 7) is 3.38. The molecule has 0 aliphatic rings. The van der Waals surface area contributed by atoms with Crippen LogP contribution in [-0.4, -0.2) is 23.4 Å². The van der Waals surface area contributed by atoms with E-state index in [1.807, 2.05) is 26.0 Å². The molecule has 0 aliphatic heterocycles. The number of hydrogen-bond acceptors (Lipinski definition) is 2. The van der Waals surface area contributed by atoms with E-state index in [1.165, 1.54) is 6.07 Å². The predicted molar refractivity (Wildman–Crippen MR) is 81.9 cm³/mol. The zero-order valence-corrected chi connectivity index (χ0v) is 12.4. The van der Waals surface area contributed by atoms with Crippen LogP contribution in [0.15, 0.2) is 42.5 Å². The van der Waals surface area contributed by atoms with E-state index >= 15 is 0 Å². The highest BCUT2D eigenvalue weighted by Crippen LogP contribution is 2.30. The summed E-state index contributed by atoms with van der Waals surface area (Å²) >= 11 is 0. The summed E-state index contributed by atoms with van der Waals surface area (Å²) in [6, 6.07) is 12.4. The molecule has 3 heteroatoms. The minimum absolute atomic E-state index is 0.308. The van der Waals surface area contributed by atoms with Crippen molar-refractivity contribution < 1.29 is 14.6 Å². The molecule has 0 bridgehead atoms. The first-order chi connectivity index (χ1) is 10.0. The molecule has 0 aliphatic carbocycles. The lowest BCUT2D eigenvalue weighted by Gasteiger charge is -2.31. The van der Waals surface area contributed by atoms with E-state index in [9.17, 15) is 14.6 Å². The Morgan fingerprint density at radius 2 is 1.52 bits per heavy atom. The quantitative estimate of drug-likeness (QED) is 0.888. The van der Waals surface area contributed by atoms with Gasteiger partial charge in [-0.1, -0.05) is 47.5 Å². The second kappa shape index (κ2) is 6.37. The second-order valence-electron chi connectivity index (χ2n) is 5.75. The van der Waals surface area contributed by atoms with Crippen LogP contribution >= 0.6 is 0 Å². The molecule has 2 nitrogen and oxygen atoms in total. The molecule has 2 N–H and O–H groups in total. The molecule has 2 rings (SSSR count). The number of halogens is 1. The molecule has 0 unspecified atom stereocenters. The fraction of sp³-hybridized carbons (Fsp3) is 0.333. The van der Waals surface area contributed by atoms with Gasteiger partial charge in [0.05, 0.1) is 13.2 Å². The monoisotopic (exact) mass is 288 g/mol. The highest BCUT2D eigenvalue weighted by atomic mass is 19.1. The first-order valence-electron chi connectivity index (χ1n) is 7.05. The van der Waals surface area contributed by atoms with Crippen molar-refractivity contribution in [3.63, 3.8) is 0 Å². The molecule has 2 aromatic carbocycles. The molecule has 0 amide bonds. The molecule has 0 spiro atoms. The maximum absolute atomic E-state index is 14.1. The molecular weight excluding hydrogens is 267 g/mol. The van der Waals surface area contributed by atoms with Gasteiger partial charge >= 0.3 is 0 Å². The molecule has 21 heavy (non-hydrogen) atoms. The van der Waals surface area contributed by atoms with Crippen LogP contribution in [0, 0.1) is 19.7 Å². The Morgan fingerprint density at radius 3 is 2.05 bits per heavy atom. The summed E-state index contributed by atoms with van der Waals surface area (Å²) in [7, 11) is 0. The molecule has 0 radical (unpaired) electrons. The maximum atomic E-state index is 14.1. The standard InChI is InChI=1S/C18H21FO2/c1-13-7-14(2)9-15(8-13)10-18(11-20,12-21)16-5-3-4-6-17(16)19/h3-9,20-21H,10-12H2,1-2H3. The first-order valence-corrected chi connectivity index (χ1v) is 7.05. The second-order valence-corrected chi connectivity index (χ2v) is 5.75. The largest absolute Gasteiger partial charge is 0.395 e. The smallest absolute Gasteiger partial charge is 0.127 e. The van der Waals surface area contributed by atoms with E-state index in [2.05, 4.69) is 6.07 Å². The van der Waals surface area contributed by atoms with Gasteiger partial charge in [-0.05, 0) is 37.5 Å². The number of benzene rings is 2. The molecular formula is C18H21FO2. The third kappa shape index (κ3) is 3.31. The van der Waals surface area contributed by atoms with Gasteiger partial charge in [0.1, 0.15) is 5.82 Å². The molecule has 0 aromatic heterocycles. The van der Waals surface area contributed by atoms with Crippen LogP contribution in [0.5, 0.6) is 0 Å². The summed E-state index contributed by atoms with van der Waals surface area (Å²) in [5, 5.41) is 19.7. The van der Waals surface area contributed by atoms with E-state index in [0.717, 1.165) is 16.7 Å². The van der Waals surface area contributed by atoms with E-state index < -0.39 is 11.2 Å². The molecule has 0 heterocycles. The van der Waals surface area contributed by atoms with Gasteiger partial charge < -0.3 is 10.2 Å². The van der Waals surface area contributed by atoms with E-state index in [0.29, 0.717) is 12.0 Å². The number of rotatable bonds is 5. The number of aliphatic hydroxyl groups excluding tert-OH is 2. The van der Waals surface area contributed by atoms with Gasteiger partial charge in [-0.2, -0.15) is 0 Å². The number of aliphatic hydroxyl groups is 2. The lowest BCUT2D eigenvalue weighted by molar-refractivity contribution is 0.113. The van der Waals surface area contributed by atoms with Crippen molar-refractivity contribution in [3.05, 3.63) is 70.5 Å². The minimum atomic E-state index is -1.01. The summed E-state index contributed by atoms with van der Waals surface area (Å²) in [5.74, 6) is -0.398. The Bertz CT molecular complexity index is 598. The van der Waals surface area contributed by atoms with Crippen LogP contribution in [0.4, 0.5) is 4.39 Å². The normalized spacial score (nSPS) is 11.7. The zero-order valence-electron chi connectivity index (χ0n) is 12.4. The maximum Gasteiger partial charge on any atom is 0.127 e. The van der Waals surface area contributed by atoms with E-state index in [-0.39, 0.29) is 13.2 Å². The topological polar surface area (TPSA) is 40.5 Å². The van der Waals surface area contributed by atoms with Crippen molar-refractivity contribution >= 4 is 0 Å². The number of aryl methyl sites for hydroxylation is 2. The number of hydrogen-bond donors (Lipinski definition) is 2. The predicted octanol–water partition coefficient (Wildman–Crippen LogP) is 2.91. The van der Waals surface area contributed by atoms with Gasteiger partial charge in [-0.15, -0.1) is 0 Å². The Morgan fingerprint density at radius 1 is 0.952 bits per heavy atom. The molecule has 0 atom stereocenters. The summed E-state index contributed by atoms with van der Waals surface area (Å²) in [4.78, 5) is 0. The van der Waals surface area contributed by atoms with Gasteiger partial charge in [0, 0.05) is 5.41 Å². The van der Waals surface area contributed by atoms with Crippen LogP contribution in [0.3, 0.4) is 0 Å². The van der Waals surface area contributed by atoms with Gasteiger partial charge in [-0.25, -0.2) is 4.39 Å². The van der Waals surface area contributed by atoms with Gasteiger partial charge in [-0.3, -0.25) is 0 Å². The first kappa shape index (κ1) is 15.7. The van der Waals surface area contributed by atoms with Crippen molar-refractivity contribution in [2.45, 2.75) is 25.7 Å². The fourth-order valence-electron chi connectivity index (χ4n) is 2.88. The van der Waals surface area contributed by atoms with Crippen molar-refractivity contribution in [1.82, 2.24) is 0 Å². The van der Waals surface area contributed by atoms with E-state index in [4.69, 9.17) is 0 Å². The van der Waals surface area contributed by atoms with Gasteiger partial charge in [0.25, 0.3) is 0 Å². The van der Waals surface area contributed by atoms with Crippen molar-refractivity contribution in [1.29, 1.82) is 0 Å². The third-order valence-electron chi connectivity index (χ3n) is 3.87. The van der Waals surface area contributed by atoms with Crippen LogP contribution in [0.25, 0.3) is 0 Å². The Labute approximate surface area is 124 Å². The lowest BCUT2D eigenvalue weighted by atomic mass is 9.76. The third-order valence-corrected chi connectivity index (χ3v) is 3.87. The Hall–Kier alpha value is -1.71. The minimum Gasteiger partial charge on any atom is -0.395 e. The molecule has 2 aromatic rings.